The third-order valence-electron chi connectivity index (χ3n) is 2.36. The van der Waals surface area contributed by atoms with Crippen LogP contribution in [-0.4, -0.2) is 25.6 Å². The van der Waals surface area contributed by atoms with Gasteiger partial charge in [-0.05, 0) is 22.0 Å². The molecule has 0 unspecified atom stereocenters. The maximum Gasteiger partial charge on any atom is 0.284 e. The number of benzene rings is 1. The summed E-state index contributed by atoms with van der Waals surface area (Å²) in [6, 6.07) is 4.22. The molecule has 19 heavy (non-hydrogen) atoms. The van der Waals surface area contributed by atoms with Gasteiger partial charge in [-0.15, -0.1) is 0 Å². The Balaban J connectivity index is 2.32. The number of halogens is 1. The van der Waals surface area contributed by atoms with E-state index in [1.165, 1.54) is 29.2 Å². The lowest BCUT2D eigenvalue weighted by Crippen LogP contribution is -2.16. The van der Waals surface area contributed by atoms with Gasteiger partial charge >= 0.3 is 0 Å². The minimum absolute atomic E-state index is 0.125. The number of rotatable bonds is 3. The number of nitro groups is 1. The van der Waals surface area contributed by atoms with Crippen molar-refractivity contribution >= 4 is 33.5 Å². The van der Waals surface area contributed by atoms with E-state index < -0.39 is 10.8 Å². The third-order valence-corrected chi connectivity index (χ3v) is 3.19. The van der Waals surface area contributed by atoms with Gasteiger partial charge in [0.15, 0.2) is 0 Å². The van der Waals surface area contributed by atoms with Gasteiger partial charge in [0.25, 0.3) is 11.6 Å². The maximum atomic E-state index is 12.0. The molecule has 0 atom stereocenters. The number of aromatic nitrogens is 3. The first-order valence-corrected chi connectivity index (χ1v) is 5.88. The summed E-state index contributed by atoms with van der Waals surface area (Å²) in [6.45, 7) is 0. The van der Waals surface area contributed by atoms with Crippen molar-refractivity contribution in [1.82, 2.24) is 14.8 Å². The summed E-state index contributed by atoms with van der Waals surface area (Å²) in [7, 11) is 1.62. The molecule has 1 amide bonds. The number of nitrogens with one attached hydrogen (secondary N) is 1. The number of hydrogen-bond donors (Lipinski definition) is 1. The van der Waals surface area contributed by atoms with E-state index in [4.69, 9.17) is 0 Å². The molecule has 1 heterocycles. The van der Waals surface area contributed by atoms with Crippen molar-refractivity contribution in [2.45, 2.75) is 0 Å². The fourth-order valence-electron chi connectivity index (χ4n) is 1.41. The van der Waals surface area contributed by atoms with Gasteiger partial charge in [0.2, 0.25) is 5.95 Å². The predicted octanol–water partition coefficient (Wildman–Crippen LogP) is 1.74. The van der Waals surface area contributed by atoms with Crippen molar-refractivity contribution in [3.63, 3.8) is 0 Å². The Hall–Kier alpha value is -2.29. The zero-order valence-electron chi connectivity index (χ0n) is 9.70. The van der Waals surface area contributed by atoms with Crippen LogP contribution in [0.3, 0.4) is 0 Å². The molecule has 0 aliphatic rings. The summed E-state index contributed by atoms with van der Waals surface area (Å²) >= 11 is 3.06. The topological polar surface area (TPSA) is 103 Å². The molecule has 0 spiro atoms. The van der Waals surface area contributed by atoms with Crippen LogP contribution >= 0.6 is 15.9 Å². The van der Waals surface area contributed by atoms with Crippen molar-refractivity contribution in [1.29, 1.82) is 0 Å². The van der Waals surface area contributed by atoms with Crippen LogP contribution in [0.25, 0.3) is 0 Å². The first kappa shape index (κ1) is 13.1. The van der Waals surface area contributed by atoms with Crippen LogP contribution in [0.15, 0.2) is 29.0 Å². The summed E-state index contributed by atoms with van der Waals surface area (Å²) in [5.74, 6) is -0.255. The summed E-state index contributed by atoms with van der Waals surface area (Å²) in [5, 5.41) is 17.1. The smallest absolute Gasteiger partial charge is 0.284 e. The number of hydrogen-bond acceptors (Lipinski definition) is 5. The highest BCUT2D eigenvalue weighted by Gasteiger charge is 2.20. The Morgan fingerprint density at radius 1 is 1.53 bits per heavy atom. The highest BCUT2D eigenvalue weighted by atomic mass is 79.9. The number of carbonyl (C=O) groups is 1. The molecule has 0 aliphatic heterocycles. The van der Waals surface area contributed by atoms with Gasteiger partial charge in [-0.1, -0.05) is 6.07 Å². The fraction of sp³-hybridized carbons (Fsp3) is 0.100. The van der Waals surface area contributed by atoms with Gasteiger partial charge in [0.05, 0.1) is 10.5 Å². The van der Waals surface area contributed by atoms with Crippen molar-refractivity contribution in [2.75, 3.05) is 5.32 Å². The predicted molar refractivity (Wildman–Crippen MR) is 69.8 cm³/mol. The highest BCUT2D eigenvalue weighted by Crippen LogP contribution is 2.28. The molecule has 0 fully saturated rings. The normalized spacial score (nSPS) is 10.2. The summed E-state index contributed by atoms with van der Waals surface area (Å²) in [4.78, 5) is 26.1. The van der Waals surface area contributed by atoms with Gasteiger partial charge < -0.3 is 0 Å². The molecule has 0 radical (unpaired) electrons. The number of nitrogens with zero attached hydrogens (tertiary/aromatic N) is 4. The Bertz CT molecular complexity index is 654. The largest absolute Gasteiger partial charge is 0.291 e. The third kappa shape index (κ3) is 2.60. The number of amides is 1. The van der Waals surface area contributed by atoms with Crippen LogP contribution < -0.4 is 5.32 Å². The Morgan fingerprint density at radius 2 is 2.26 bits per heavy atom. The van der Waals surface area contributed by atoms with Crippen molar-refractivity contribution in [3.05, 3.63) is 44.7 Å². The van der Waals surface area contributed by atoms with E-state index in [1.54, 1.807) is 7.05 Å². The fourth-order valence-corrected chi connectivity index (χ4v) is 2.00. The number of aryl methyl sites for hydroxylation is 1. The lowest BCUT2D eigenvalue weighted by Gasteiger charge is -2.05. The average Bonchev–Trinajstić information content (AvgIpc) is 2.74. The first-order valence-electron chi connectivity index (χ1n) is 5.09. The number of anilines is 1. The second-order valence-electron chi connectivity index (χ2n) is 3.56. The Morgan fingerprint density at radius 3 is 2.84 bits per heavy atom. The molecular weight excluding hydrogens is 318 g/mol. The van der Waals surface area contributed by atoms with Crippen LogP contribution in [0.1, 0.15) is 10.4 Å². The molecule has 9 heteroatoms. The van der Waals surface area contributed by atoms with Gasteiger partial charge in [-0.2, -0.15) is 10.1 Å². The molecular formula is C10H8BrN5O3. The van der Waals surface area contributed by atoms with Crippen molar-refractivity contribution in [2.24, 2.45) is 7.05 Å². The minimum Gasteiger partial charge on any atom is -0.291 e. The van der Waals surface area contributed by atoms with E-state index in [0.29, 0.717) is 0 Å². The summed E-state index contributed by atoms with van der Waals surface area (Å²) in [5.41, 5.74) is -0.0252. The molecule has 1 aromatic carbocycles. The molecule has 2 rings (SSSR count). The number of carbonyl (C=O) groups excluding carboxylic acids is 1. The molecule has 0 saturated heterocycles. The summed E-state index contributed by atoms with van der Waals surface area (Å²) < 4.78 is 1.50. The van der Waals surface area contributed by atoms with Crippen molar-refractivity contribution < 1.29 is 9.72 Å². The van der Waals surface area contributed by atoms with Gasteiger partial charge in [-0.3, -0.25) is 20.2 Å². The second-order valence-corrected chi connectivity index (χ2v) is 4.35. The minimum atomic E-state index is -0.566. The maximum absolute atomic E-state index is 12.0. The van der Waals surface area contributed by atoms with Gasteiger partial charge in [0.1, 0.15) is 10.8 Å². The number of nitro benzene ring substituents is 1. The monoisotopic (exact) mass is 325 g/mol. The summed E-state index contributed by atoms with van der Waals surface area (Å²) in [6.07, 6.45) is 1.29. The first-order chi connectivity index (χ1) is 9.00. The molecule has 8 nitrogen and oxygen atoms in total. The quantitative estimate of drug-likeness (QED) is 0.683. The van der Waals surface area contributed by atoms with E-state index in [1.807, 2.05) is 0 Å². The van der Waals surface area contributed by atoms with E-state index in [9.17, 15) is 14.9 Å². The van der Waals surface area contributed by atoms with E-state index in [2.05, 4.69) is 31.3 Å². The van der Waals surface area contributed by atoms with Crippen LogP contribution in [0.5, 0.6) is 0 Å². The van der Waals surface area contributed by atoms with Crippen molar-refractivity contribution in [3.8, 4) is 0 Å². The molecule has 0 bridgehead atoms. The average molecular weight is 326 g/mol. The molecule has 1 N–H and O–H groups in total. The molecule has 98 valence electrons. The second kappa shape index (κ2) is 5.14. The Kier molecular flexibility index (Phi) is 3.56. The molecule has 0 aliphatic carbocycles. The SMILES string of the molecule is Cn1ncnc1NC(=O)c1cccc([N+](=O)[O-])c1Br. The Labute approximate surface area is 115 Å². The lowest BCUT2D eigenvalue weighted by molar-refractivity contribution is -0.385. The zero-order chi connectivity index (χ0) is 14.0. The van der Waals surface area contributed by atoms with E-state index >= 15 is 0 Å². The van der Waals surface area contributed by atoms with Crippen LogP contribution in [0.2, 0.25) is 0 Å². The highest BCUT2D eigenvalue weighted by molar-refractivity contribution is 9.10. The van der Waals surface area contributed by atoms with E-state index in [0.717, 1.165) is 0 Å². The standard InChI is InChI=1S/C10H8BrN5O3/c1-15-10(12-5-13-15)14-9(17)6-3-2-4-7(8(6)11)16(18)19/h2-5H,1H3,(H,12,13,14,17). The molecule has 2 aromatic rings. The van der Waals surface area contributed by atoms with Crippen LogP contribution in [0, 0.1) is 10.1 Å². The van der Waals surface area contributed by atoms with Gasteiger partial charge in [0, 0.05) is 13.1 Å². The molecule has 0 saturated carbocycles. The van der Waals surface area contributed by atoms with Gasteiger partial charge in [-0.25, -0.2) is 4.68 Å². The van der Waals surface area contributed by atoms with Crippen LogP contribution in [0.4, 0.5) is 11.6 Å². The molecule has 1 aromatic heterocycles. The zero-order valence-corrected chi connectivity index (χ0v) is 11.3. The van der Waals surface area contributed by atoms with Crippen LogP contribution in [-0.2, 0) is 7.05 Å². The van der Waals surface area contributed by atoms with E-state index in [-0.39, 0.29) is 21.7 Å². The lowest BCUT2D eigenvalue weighted by atomic mass is 10.2.